The number of ether oxygens (including phenoxy) is 1. The molecule has 1 aliphatic heterocycles. The Balaban J connectivity index is 2.57. The van der Waals surface area contributed by atoms with Crippen LogP contribution in [-0.2, 0) is 4.74 Å². The predicted octanol–water partition coefficient (Wildman–Crippen LogP) is 3.49. The molecule has 2 atom stereocenters. The van der Waals surface area contributed by atoms with E-state index in [0.717, 1.165) is 13.2 Å². The Morgan fingerprint density at radius 3 is 2.75 bits per heavy atom. The normalized spacial score (nSPS) is 19.8. The third-order valence-electron chi connectivity index (χ3n) is 3.20. The van der Waals surface area contributed by atoms with Gasteiger partial charge in [-0.05, 0) is 44.2 Å². The first-order chi connectivity index (χ1) is 7.79. The molecule has 1 heterocycles. The van der Waals surface area contributed by atoms with Crippen LogP contribution in [0, 0.1) is 5.92 Å². The van der Waals surface area contributed by atoms with Crippen molar-refractivity contribution < 1.29 is 4.74 Å². The van der Waals surface area contributed by atoms with Crippen LogP contribution in [0.2, 0.25) is 0 Å². The first kappa shape index (κ1) is 13.6. The molecule has 0 saturated carbocycles. The van der Waals surface area contributed by atoms with Crippen LogP contribution < -0.4 is 5.32 Å². The molecule has 94 valence electrons. The van der Waals surface area contributed by atoms with Gasteiger partial charge >= 0.3 is 0 Å². The van der Waals surface area contributed by atoms with Gasteiger partial charge in [-0.1, -0.05) is 27.2 Å². The molecule has 0 saturated heterocycles. The summed E-state index contributed by atoms with van der Waals surface area (Å²) in [5, 5.41) is 3.63. The Hall–Kier alpha value is -0.500. The predicted molar refractivity (Wildman–Crippen MR) is 69.4 cm³/mol. The minimum Gasteiger partial charge on any atom is -0.497 e. The van der Waals surface area contributed by atoms with Gasteiger partial charge in [-0.3, -0.25) is 0 Å². The van der Waals surface area contributed by atoms with Crippen LogP contribution in [0.15, 0.2) is 11.8 Å². The van der Waals surface area contributed by atoms with Crippen LogP contribution in [0.3, 0.4) is 0 Å². The summed E-state index contributed by atoms with van der Waals surface area (Å²) in [5.74, 6) is 1.86. The van der Waals surface area contributed by atoms with Gasteiger partial charge in [0.15, 0.2) is 0 Å². The number of allylic oxidation sites excluding steroid dienone is 1. The molecule has 0 spiro atoms. The van der Waals surface area contributed by atoms with Crippen molar-refractivity contribution in [3.63, 3.8) is 0 Å². The summed E-state index contributed by atoms with van der Waals surface area (Å²) < 4.78 is 5.80. The van der Waals surface area contributed by atoms with Crippen LogP contribution in [0.1, 0.15) is 52.9 Å². The highest BCUT2D eigenvalue weighted by Crippen LogP contribution is 2.22. The van der Waals surface area contributed by atoms with E-state index in [2.05, 4.69) is 32.2 Å². The molecule has 0 aromatic heterocycles. The molecular formula is C14H27NO. The molecule has 0 aromatic rings. The van der Waals surface area contributed by atoms with E-state index in [1.54, 1.807) is 0 Å². The maximum Gasteiger partial charge on any atom is 0.109 e. The lowest BCUT2D eigenvalue weighted by Gasteiger charge is -2.29. The fourth-order valence-electron chi connectivity index (χ4n) is 2.30. The summed E-state index contributed by atoms with van der Waals surface area (Å²) in [7, 11) is 0. The average Bonchev–Trinajstić information content (AvgIpc) is 2.31. The second-order valence-electron chi connectivity index (χ2n) is 4.79. The maximum atomic E-state index is 5.80. The van der Waals surface area contributed by atoms with E-state index in [1.807, 2.05) is 0 Å². The molecule has 0 radical (unpaired) electrons. The summed E-state index contributed by atoms with van der Waals surface area (Å²) in [4.78, 5) is 0. The van der Waals surface area contributed by atoms with E-state index in [0.29, 0.717) is 12.0 Å². The minimum atomic E-state index is 0.431. The van der Waals surface area contributed by atoms with E-state index in [9.17, 15) is 0 Å². The molecule has 1 aliphatic rings. The summed E-state index contributed by atoms with van der Waals surface area (Å²) in [6.45, 7) is 8.78. The van der Waals surface area contributed by atoms with Crippen LogP contribution in [0.5, 0.6) is 0 Å². The highest BCUT2D eigenvalue weighted by atomic mass is 16.5. The first-order valence-corrected chi connectivity index (χ1v) is 6.85. The molecule has 2 unspecified atom stereocenters. The van der Waals surface area contributed by atoms with E-state index in [1.165, 1.54) is 37.9 Å². The highest BCUT2D eigenvalue weighted by Gasteiger charge is 2.22. The first-order valence-electron chi connectivity index (χ1n) is 6.85. The molecule has 0 aliphatic carbocycles. The summed E-state index contributed by atoms with van der Waals surface area (Å²) in [6.07, 6.45) is 8.33. The standard InChI is InChI=1S/C14H27NO/c1-4-8-12(3)14(15-10-5-2)13-9-6-7-11-16-13/h9,12,14-15H,4-8,10-11H2,1-3H3. The molecule has 2 nitrogen and oxygen atoms in total. The van der Waals surface area contributed by atoms with Crippen LogP contribution in [0.25, 0.3) is 0 Å². The van der Waals surface area contributed by atoms with Gasteiger partial charge in [0.2, 0.25) is 0 Å². The lowest BCUT2D eigenvalue weighted by Crippen LogP contribution is -2.38. The van der Waals surface area contributed by atoms with Crippen molar-refractivity contribution in [1.82, 2.24) is 5.32 Å². The van der Waals surface area contributed by atoms with Crippen molar-refractivity contribution in [2.45, 2.75) is 58.9 Å². The molecule has 16 heavy (non-hydrogen) atoms. The Morgan fingerprint density at radius 2 is 2.19 bits per heavy atom. The molecule has 0 bridgehead atoms. The van der Waals surface area contributed by atoms with E-state index in [-0.39, 0.29) is 0 Å². The van der Waals surface area contributed by atoms with Crippen LogP contribution >= 0.6 is 0 Å². The zero-order valence-electron chi connectivity index (χ0n) is 11.1. The molecule has 0 amide bonds. The van der Waals surface area contributed by atoms with Gasteiger partial charge in [0.05, 0.1) is 12.6 Å². The SMILES string of the molecule is CCCNC(C1=CCCCO1)C(C)CCC. The lowest BCUT2D eigenvalue weighted by molar-refractivity contribution is 0.151. The largest absolute Gasteiger partial charge is 0.497 e. The Bertz CT molecular complexity index is 213. The van der Waals surface area contributed by atoms with E-state index in [4.69, 9.17) is 4.74 Å². The highest BCUT2D eigenvalue weighted by molar-refractivity contribution is 5.07. The third kappa shape index (κ3) is 4.17. The number of rotatable bonds is 7. The second kappa shape index (κ2) is 7.72. The molecule has 1 N–H and O–H groups in total. The van der Waals surface area contributed by atoms with Gasteiger partial charge < -0.3 is 10.1 Å². The Kier molecular flexibility index (Phi) is 6.55. The van der Waals surface area contributed by atoms with Crippen LogP contribution in [-0.4, -0.2) is 19.2 Å². The van der Waals surface area contributed by atoms with Crippen molar-refractivity contribution in [3.05, 3.63) is 11.8 Å². The summed E-state index contributed by atoms with van der Waals surface area (Å²) in [5.41, 5.74) is 0. The molecule has 0 aromatic carbocycles. The molecule has 1 rings (SSSR count). The van der Waals surface area contributed by atoms with Gasteiger partial charge in [-0.2, -0.15) is 0 Å². The Morgan fingerprint density at radius 1 is 1.38 bits per heavy atom. The monoisotopic (exact) mass is 225 g/mol. The average molecular weight is 225 g/mol. The zero-order chi connectivity index (χ0) is 11.8. The number of hydrogen-bond acceptors (Lipinski definition) is 2. The number of hydrogen-bond donors (Lipinski definition) is 1. The third-order valence-corrected chi connectivity index (χ3v) is 3.20. The van der Waals surface area contributed by atoms with Crippen molar-refractivity contribution in [2.75, 3.05) is 13.2 Å². The van der Waals surface area contributed by atoms with Crippen molar-refractivity contribution >= 4 is 0 Å². The number of nitrogens with one attached hydrogen (secondary N) is 1. The Labute approximate surface area is 100 Å². The second-order valence-corrected chi connectivity index (χ2v) is 4.79. The molecular weight excluding hydrogens is 198 g/mol. The fourth-order valence-corrected chi connectivity index (χ4v) is 2.30. The van der Waals surface area contributed by atoms with Gasteiger partial charge in [0.1, 0.15) is 5.76 Å². The van der Waals surface area contributed by atoms with E-state index < -0.39 is 0 Å². The molecule has 0 fully saturated rings. The lowest BCUT2D eigenvalue weighted by atomic mass is 9.94. The van der Waals surface area contributed by atoms with Crippen molar-refractivity contribution in [3.8, 4) is 0 Å². The van der Waals surface area contributed by atoms with Crippen LogP contribution in [0.4, 0.5) is 0 Å². The molecule has 2 heteroatoms. The van der Waals surface area contributed by atoms with Gasteiger partial charge in [-0.25, -0.2) is 0 Å². The topological polar surface area (TPSA) is 21.3 Å². The summed E-state index contributed by atoms with van der Waals surface area (Å²) in [6, 6.07) is 0.431. The smallest absolute Gasteiger partial charge is 0.109 e. The van der Waals surface area contributed by atoms with Crippen molar-refractivity contribution in [2.24, 2.45) is 5.92 Å². The zero-order valence-corrected chi connectivity index (χ0v) is 11.1. The van der Waals surface area contributed by atoms with Crippen molar-refractivity contribution in [1.29, 1.82) is 0 Å². The minimum absolute atomic E-state index is 0.431. The maximum absolute atomic E-state index is 5.80. The fraction of sp³-hybridized carbons (Fsp3) is 0.857. The van der Waals surface area contributed by atoms with Gasteiger partial charge in [-0.15, -0.1) is 0 Å². The van der Waals surface area contributed by atoms with E-state index >= 15 is 0 Å². The van der Waals surface area contributed by atoms with Gasteiger partial charge in [0, 0.05) is 0 Å². The quantitative estimate of drug-likeness (QED) is 0.716. The summed E-state index contributed by atoms with van der Waals surface area (Å²) >= 11 is 0. The van der Waals surface area contributed by atoms with Gasteiger partial charge in [0.25, 0.3) is 0 Å².